The number of halogens is 1. The van der Waals surface area contributed by atoms with E-state index in [4.69, 9.17) is 11.6 Å². The Kier molecular flexibility index (Phi) is 3.17. The lowest BCUT2D eigenvalue weighted by molar-refractivity contribution is 0.562. The lowest BCUT2D eigenvalue weighted by Gasteiger charge is -2.20. The van der Waals surface area contributed by atoms with Gasteiger partial charge in [-0.25, -0.2) is 8.42 Å². The van der Waals surface area contributed by atoms with Crippen LogP contribution in [0.2, 0.25) is 0 Å². The Labute approximate surface area is 67.5 Å². The van der Waals surface area contributed by atoms with Crippen LogP contribution in [-0.2, 0) is 9.84 Å². The molecule has 0 aliphatic rings. The highest BCUT2D eigenvalue weighted by Gasteiger charge is 2.34. The molecule has 62 valence electrons. The highest BCUT2D eigenvalue weighted by Crippen LogP contribution is 2.29. The van der Waals surface area contributed by atoms with Gasteiger partial charge in [-0.1, -0.05) is 13.8 Å². The van der Waals surface area contributed by atoms with Gasteiger partial charge >= 0.3 is 0 Å². The zero-order valence-corrected chi connectivity index (χ0v) is 8.09. The third-order valence-electron chi connectivity index (χ3n) is 1.72. The van der Waals surface area contributed by atoms with Gasteiger partial charge in [-0.3, -0.25) is 0 Å². The van der Waals surface area contributed by atoms with Crippen molar-refractivity contribution in [3.63, 3.8) is 0 Å². The molecule has 2 nitrogen and oxygen atoms in total. The molecule has 10 heavy (non-hydrogen) atoms. The minimum Gasteiger partial charge on any atom is -0.227 e. The van der Waals surface area contributed by atoms with Crippen LogP contribution < -0.4 is 0 Å². The van der Waals surface area contributed by atoms with E-state index in [2.05, 4.69) is 0 Å². The maximum absolute atomic E-state index is 11.0. The molecule has 0 N–H and O–H groups in total. The lowest BCUT2D eigenvalue weighted by Crippen LogP contribution is -2.29. The van der Waals surface area contributed by atoms with E-state index < -0.39 is 14.0 Å². The first-order chi connectivity index (χ1) is 4.37. The summed E-state index contributed by atoms with van der Waals surface area (Å²) in [4.78, 5) is 0. The third kappa shape index (κ3) is 1.86. The highest BCUT2D eigenvalue weighted by molar-refractivity contribution is 7.93. The third-order valence-corrected chi connectivity index (χ3v) is 5.00. The van der Waals surface area contributed by atoms with Crippen LogP contribution in [0.15, 0.2) is 0 Å². The number of alkyl halides is 1. The summed E-state index contributed by atoms with van der Waals surface area (Å²) in [6, 6.07) is 0. The monoisotopic (exact) mass is 184 g/mol. The minimum atomic E-state index is -3.10. The van der Waals surface area contributed by atoms with Crippen LogP contribution in [0.1, 0.15) is 26.7 Å². The van der Waals surface area contributed by atoms with Crippen LogP contribution in [0.25, 0.3) is 0 Å². The molecule has 0 saturated heterocycles. The Morgan fingerprint density at radius 3 is 1.60 bits per heavy atom. The van der Waals surface area contributed by atoms with Crippen molar-refractivity contribution in [3.8, 4) is 0 Å². The van der Waals surface area contributed by atoms with Gasteiger partial charge in [0.1, 0.15) is 4.21 Å². The van der Waals surface area contributed by atoms with Gasteiger partial charge in [-0.15, -0.1) is 11.6 Å². The molecule has 0 unspecified atom stereocenters. The first kappa shape index (κ1) is 10.2. The van der Waals surface area contributed by atoms with E-state index in [0.717, 1.165) is 0 Å². The van der Waals surface area contributed by atoms with Crippen molar-refractivity contribution in [3.05, 3.63) is 0 Å². The van der Waals surface area contributed by atoms with Crippen LogP contribution in [0.5, 0.6) is 0 Å². The van der Waals surface area contributed by atoms with Crippen LogP contribution in [-0.4, -0.2) is 18.9 Å². The molecule has 0 aromatic heterocycles. The van der Waals surface area contributed by atoms with Crippen molar-refractivity contribution in [2.75, 3.05) is 6.26 Å². The van der Waals surface area contributed by atoms with E-state index in [1.54, 1.807) is 13.8 Å². The van der Waals surface area contributed by atoms with E-state index in [0.29, 0.717) is 12.8 Å². The molecule has 0 heterocycles. The Morgan fingerprint density at radius 2 is 1.60 bits per heavy atom. The summed E-state index contributed by atoms with van der Waals surface area (Å²) in [7, 11) is -3.10. The maximum atomic E-state index is 11.0. The van der Waals surface area contributed by atoms with Crippen LogP contribution >= 0.6 is 11.6 Å². The Morgan fingerprint density at radius 1 is 1.30 bits per heavy atom. The van der Waals surface area contributed by atoms with Crippen molar-refractivity contribution in [1.29, 1.82) is 0 Å². The normalized spacial score (nSPS) is 13.6. The number of hydrogen-bond donors (Lipinski definition) is 0. The quantitative estimate of drug-likeness (QED) is 0.627. The van der Waals surface area contributed by atoms with E-state index in [1.807, 2.05) is 0 Å². The van der Waals surface area contributed by atoms with Crippen LogP contribution in [0.3, 0.4) is 0 Å². The first-order valence-corrected chi connectivity index (χ1v) is 5.53. The molecule has 0 aliphatic heterocycles. The van der Waals surface area contributed by atoms with Crippen molar-refractivity contribution in [2.24, 2.45) is 0 Å². The summed E-state index contributed by atoms with van der Waals surface area (Å²) in [5, 5.41) is 0. The molecule has 0 aromatic carbocycles. The largest absolute Gasteiger partial charge is 0.227 e. The molecular formula is C6H13ClO2S. The second-order valence-electron chi connectivity index (χ2n) is 2.36. The first-order valence-electron chi connectivity index (χ1n) is 3.26. The highest BCUT2D eigenvalue weighted by atomic mass is 35.5. The van der Waals surface area contributed by atoms with Crippen LogP contribution in [0.4, 0.5) is 0 Å². The van der Waals surface area contributed by atoms with Gasteiger partial charge in [-0.2, -0.15) is 0 Å². The van der Waals surface area contributed by atoms with Gasteiger partial charge in [0, 0.05) is 6.26 Å². The van der Waals surface area contributed by atoms with Gasteiger partial charge in [0.2, 0.25) is 0 Å². The second-order valence-corrected chi connectivity index (χ2v) is 5.64. The van der Waals surface area contributed by atoms with E-state index in [-0.39, 0.29) is 0 Å². The minimum absolute atomic E-state index is 0.462. The van der Waals surface area contributed by atoms with Crippen LogP contribution in [0, 0.1) is 0 Å². The summed E-state index contributed by atoms with van der Waals surface area (Å²) in [6.45, 7) is 3.55. The standard InChI is InChI=1S/C6H13ClO2S/c1-4-6(7,5-2)10(3,8)9/h4-5H2,1-3H3. The molecule has 0 amide bonds. The summed E-state index contributed by atoms with van der Waals surface area (Å²) >= 11 is 5.80. The average molecular weight is 185 g/mol. The molecule has 0 bridgehead atoms. The predicted octanol–water partition coefficient (Wildman–Crippen LogP) is 1.79. The molecule has 0 rings (SSSR count). The van der Waals surface area contributed by atoms with Crippen molar-refractivity contribution in [2.45, 2.75) is 30.9 Å². The zero-order valence-electron chi connectivity index (χ0n) is 6.52. The van der Waals surface area contributed by atoms with Gasteiger partial charge < -0.3 is 0 Å². The molecule has 4 heteroatoms. The molecule has 0 aliphatic carbocycles. The maximum Gasteiger partial charge on any atom is 0.167 e. The van der Waals surface area contributed by atoms with E-state index >= 15 is 0 Å². The Hall–Kier alpha value is 0.240. The zero-order chi connectivity index (χ0) is 8.41. The second kappa shape index (κ2) is 3.09. The summed E-state index contributed by atoms with van der Waals surface area (Å²) in [5.74, 6) is 0. The molecule has 0 aromatic rings. The molecule has 0 spiro atoms. The Balaban J connectivity index is 4.68. The van der Waals surface area contributed by atoms with Crippen molar-refractivity contribution in [1.82, 2.24) is 0 Å². The SMILES string of the molecule is CCC(Cl)(CC)S(C)(=O)=O. The number of sulfone groups is 1. The van der Waals surface area contributed by atoms with Gasteiger partial charge in [0.15, 0.2) is 9.84 Å². The predicted molar refractivity (Wildman–Crippen MR) is 44.0 cm³/mol. The molecule has 0 radical (unpaired) electrons. The molecule has 0 atom stereocenters. The summed E-state index contributed by atoms with van der Waals surface area (Å²) < 4.78 is 20.9. The fourth-order valence-electron chi connectivity index (χ4n) is 0.774. The molecule has 0 saturated carbocycles. The Bertz CT molecular complexity index is 192. The topological polar surface area (TPSA) is 34.1 Å². The summed E-state index contributed by atoms with van der Waals surface area (Å²) in [6.07, 6.45) is 2.10. The smallest absolute Gasteiger partial charge is 0.167 e. The van der Waals surface area contributed by atoms with Crippen molar-refractivity contribution < 1.29 is 8.42 Å². The van der Waals surface area contributed by atoms with E-state index in [9.17, 15) is 8.42 Å². The fraction of sp³-hybridized carbons (Fsp3) is 1.00. The lowest BCUT2D eigenvalue weighted by atomic mass is 10.2. The molecular weight excluding hydrogens is 172 g/mol. The van der Waals surface area contributed by atoms with Crippen molar-refractivity contribution >= 4 is 21.4 Å². The number of hydrogen-bond acceptors (Lipinski definition) is 2. The summed E-state index contributed by atoms with van der Waals surface area (Å²) in [5.41, 5.74) is 0. The average Bonchev–Trinajstić information content (AvgIpc) is 1.84. The fourth-order valence-corrected chi connectivity index (χ4v) is 1.82. The van der Waals surface area contributed by atoms with Gasteiger partial charge in [-0.05, 0) is 12.8 Å². The van der Waals surface area contributed by atoms with Gasteiger partial charge in [0.25, 0.3) is 0 Å². The van der Waals surface area contributed by atoms with E-state index in [1.165, 1.54) is 6.26 Å². The molecule has 0 fully saturated rings. The van der Waals surface area contributed by atoms with Gasteiger partial charge in [0.05, 0.1) is 0 Å². The number of rotatable bonds is 3.